The number of aliphatic hydroxyl groups is 1. The molecule has 0 saturated carbocycles. The van der Waals surface area contributed by atoms with Crippen molar-refractivity contribution in [3.8, 4) is 0 Å². The molecule has 1 heterocycles. The number of hydrogen-bond acceptors (Lipinski definition) is 6. The number of ether oxygens (including phenoxy) is 2. The van der Waals surface area contributed by atoms with Crippen molar-refractivity contribution in [2.45, 2.75) is 65.4 Å². The molecule has 0 aromatic heterocycles. The molecule has 33 heavy (non-hydrogen) atoms. The van der Waals surface area contributed by atoms with Gasteiger partial charge in [0.05, 0.1) is 12.6 Å². The van der Waals surface area contributed by atoms with Crippen LogP contribution in [0.4, 0.5) is 9.59 Å². The number of rotatable bonds is 8. The van der Waals surface area contributed by atoms with Gasteiger partial charge in [-0.2, -0.15) is 0 Å². The highest BCUT2D eigenvalue weighted by Crippen LogP contribution is 2.20. The van der Waals surface area contributed by atoms with E-state index in [9.17, 15) is 19.5 Å². The molecule has 0 radical (unpaired) electrons. The van der Waals surface area contributed by atoms with Crippen LogP contribution in [-0.4, -0.2) is 65.5 Å². The lowest BCUT2D eigenvalue weighted by Gasteiger charge is -2.24. The fourth-order valence-electron chi connectivity index (χ4n) is 3.50. The summed E-state index contributed by atoms with van der Waals surface area (Å²) in [6.07, 6.45) is -1.50. The second kappa shape index (κ2) is 11.9. The second-order valence-electron chi connectivity index (χ2n) is 9.85. The van der Waals surface area contributed by atoms with E-state index in [-0.39, 0.29) is 44.0 Å². The molecule has 3 atom stereocenters. The Bertz CT molecular complexity index is 793. The molecule has 1 aliphatic heterocycles. The maximum absolute atomic E-state index is 12.8. The molecule has 3 N–H and O–H groups in total. The number of carbonyl (C=O) groups is 3. The van der Waals surface area contributed by atoms with E-state index >= 15 is 0 Å². The Hall–Kier alpha value is -2.81. The Morgan fingerprint density at radius 1 is 1.15 bits per heavy atom. The largest absolute Gasteiger partial charge is 0.445 e. The number of amides is 3. The monoisotopic (exact) mass is 463 g/mol. The van der Waals surface area contributed by atoms with Gasteiger partial charge in [0.2, 0.25) is 5.91 Å². The molecule has 1 fully saturated rings. The van der Waals surface area contributed by atoms with Crippen molar-refractivity contribution in [3.05, 3.63) is 35.9 Å². The average molecular weight is 464 g/mol. The van der Waals surface area contributed by atoms with Gasteiger partial charge in [0.25, 0.3) is 0 Å². The second-order valence-corrected chi connectivity index (χ2v) is 9.85. The smallest absolute Gasteiger partial charge is 0.410 e. The third kappa shape index (κ3) is 9.29. The number of likely N-dealkylation sites (tertiary alicyclic amines) is 1. The van der Waals surface area contributed by atoms with Gasteiger partial charge in [0.15, 0.2) is 0 Å². The van der Waals surface area contributed by atoms with Gasteiger partial charge in [-0.1, -0.05) is 44.2 Å². The van der Waals surface area contributed by atoms with E-state index < -0.39 is 29.9 Å². The molecule has 3 amide bonds. The summed E-state index contributed by atoms with van der Waals surface area (Å²) in [4.78, 5) is 38.7. The number of nitrogens with zero attached hydrogens (tertiary/aromatic N) is 1. The van der Waals surface area contributed by atoms with Crippen LogP contribution in [0.25, 0.3) is 0 Å². The summed E-state index contributed by atoms with van der Waals surface area (Å²) in [7, 11) is 0. The standard InChI is InChI=1S/C24H37N3O6/c1-16(2)11-19(26-22(30)32-15-17-9-7-6-8-10-17)21(29)25-12-18-13-27(14-20(18)28)23(31)33-24(3,4)5/h6-10,16,18-20,28H,11-15H2,1-5H3,(H,25,29)(H,26,30)/t18-,19+,20+/m1/s1. The minimum atomic E-state index is -0.773. The maximum Gasteiger partial charge on any atom is 0.410 e. The van der Waals surface area contributed by atoms with Gasteiger partial charge in [-0.3, -0.25) is 4.79 Å². The molecule has 0 spiro atoms. The number of nitrogens with one attached hydrogen (secondary N) is 2. The first-order valence-electron chi connectivity index (χ1n) is 11.4. The molecule has 0 unspecified atom stereocenters. The van der Waals surface area contributed by atoms with E-state index in [0.29, 0.717) is 6.42 Å². The van der Waals surface area contributed by atoms with Crippen LogP contribution in [0.1, 0.15) is 46.6 Å². The summed E-state index contributed by atoms with van der Waals surface area (Å²) < 4.78 is 10.6. The van der Waals surface area contributed by atoms with E-state index in [1.807, 2.05) is 44.2 Å². The summed E-state index contributed by atoms with van der Waals surface area (Å²) in [5.41, 5.74) is 0.224. The Morgan fingerprint density at radius 2 is 1.82 bits per heavy atom. The Morgan fingerprint density at radius 3 is 2.42 bits per heavy atom. The van der Waals surface area contributed by atoms with Crippen molar-refractivity contribution in [1.29, 1.82) is 0 Å². The third-order valence-corrected chi connectivity index (χ3v) is 5.13. The van der Waals surface area contributed by atoms with Crippen LogP contribution < -0.4 is 10.6 Å². The van der Waals surface area contributed by atoms with Crippen LogP contribution in [0.3, 0.4) is 0 Å². The van der Waals surface area contributed by atoms with Gasteiger partial charge >= 0.3 is 12.2 Å². The molecule has 1 saturated heterocycles. The van der Waals surface area contributed by atoms with Gasteiger partial charge in [-0.05, 0) is 38.7 Å². The van der Waals surface area contributed by atoms with Crippen molar-refractivity contribution in [3.63, 3.8) is 0 Å². The van der Waals surface area contributed by atoms with Gasteiger partial charge in [0.1, 0.15) is 18.2 Å². The first-order valence-corrected chi connectivity index (χ1v) is 11.4. The van der Waals surface area contributed by atoms with Crippen molar-refractivity contribution >= 4 is 18.1 Å². The topological polar surface area (TPSA) is 117 Å². The first kappa shape index (κ1) is 26.4. The Kier molecular flexibility index (Phi) is 9.52. The van der Waals surface area contributed by atoms with Crippen LogP contribution in [-0.2, 0) is 20.9 Å². The predicted molar refractivity (Wildman–Crippen MR) is 123 cm³/mol. The summed E-state index contributed by atoms with van der Waals surface area (Å²) in [5.74, 6) is -0.524. The first-order chi connectivity index (χ1) is 15.4. The van der Waals surface area contributed by atoms with Crippen LogP contribution in [0.2, 0.25) is 0 Å². The van der Waals surface area contributed by atoms with E-state index in [0.717, 1.165) is 5.56 Å². The van der Waals surface area contributed by atoms with Crippen molar-refractivity contribution in [1.82, 2.24) is 15.5 Å². The number of hydrogen-bond donors (Lipinski definition) is 3. The quantitative estimate of drug-likeness (QED) is 0.546. The average Bonchev–Trinajstić information content (AvgIpc) is 3.10. The zero-order valence-corrected chi connectivity index (χ0v) is 20.2. The number of β-amino-alcohol motifs (C(OH)–C–C–N with tert-alkyl or cyclic N) is 1. The molecule has 9 nitrogen and oxygen atoms in total. The Balaban J connectivity index is 1.86. The lowest BCUT2D eigenvalue weighted by Crippen LogP contribution is -2.49. The van der Waals surface area contributed by atoms with Crippen LogP contribution in [0.15, 0.2) is 30.3 Å². The summed E-state index contributed by atoms with van der Waals surface area (Å²) >= 11 is 0. The molecule has 2 rings (SSSR count). The summed E-state index contributed by atoms with van der Waals surface area (Å²) in [6.45, 7) is 9.96. The van der Waals surface area contributed by atoms with Crippen molar-refractivity contribution in [2.24, 2.45) is 11.8 Å². The highest BCUT2D eigenvalue weighted by atomic mass is 16.6. The molecule has 1 aromatic carbocycles. The number of benzene rings is 1. The molecular weight excluding hydrogens is 426 g/mol. The molecule has 0 bridgehead atoms. The van der Waals surface area contributed by atoms with Crippen LogP contribution >= 0.6 is 0 Å². The molecule has 1 aromatic rings. The summed E-state index contributed by atoms with van der Waals surface area (Å²) in [6, 6.07) is 8.51. The summed E-state index contributed by atoms with van der Waals surface area (Å²) in [5, 5.41) is 15.8. The molecule has 1 aliphatic rings. The minimum absolute atomic E-state index is 0.109. The zero-order chi connectivity index (χ0) is 24.6. The van der Waals surface area contributed by atoms with Gasteiger partial charge < -0.3 is 30.1 Å². The normalized spacial score (nSPS) is 19.2. The molecule has 9 heteroatoms. The third-order valence-electron chi connectivity index (χ3n) is 5.13. The lowest BCUT2D eigenvalue weighted by atomic mass is 10.0. The Labute approximate surface area is 195 Å². The minimum Gasteiger partial charge on any atom is -0.445 e. The highest BCUT2D eigenvalue weighted by Gasteiger charge is 2.36. The SMILES string of the molecule is CC(C)C[C@H](NC(=O)OCc1ccccc1)C(=O)NC[C@@H]1CN(C(=O)OC(C)(C)C)C[C@@H]1O. The van der Waals surface area contributed by atoms with Crippen molar-refractivity contribution in [2.75, 3.05) is 19.6 Å². The highest BCUT2D eigenvalue weighted by molar-refractivity contribution is 5.85. The van der Waals surface area contributed by atoms with Crippen LogP contribution in [0, 0.1) is 11.8 Å². The van der Waals surface area contributed by atoms with Crippen molar-refractivity contribution < 1.29 is 29.0 Å². The van der Waals surface area contributed by atoms with Gasteiger partial charge in [-0.15, -0.1) is 0 Å². The number of aliphatic hydroxyl groups excluding tert-OH is 1. The van der Waals surface area contributed by atoms with Gasteiger partial charge in [-0.25, -0.2) is 9.59 Å². The lowest BCUT2D eigenvalue weighted by molar-refractivity contribution is -0.123. The maximum atomic E-state index is 12.8. The van der Waals surface area contributed by atoms with Crippen LogP contribution in [0.5, 0.6) is 0 Å². The van der Waals surface area contributed by atoms with Gasteiger partial charge in [0, 0.05) is 19.0 Å². The predicted octanol–water partition coefficient (Wildman–Crippen LogP) is 2.67. The molecule has 0 aliphatic carbocycles. The molecular formula is C24H37N3O6. The van der Waals surface area contributed by atoms with E-state index in [4.69, 9.17) is 9.47 Å². The molecule has 184 valence electrons. The van der Waals surface area contributed by atoms with E-state index in [2.05, 4.69) is 10.6 Å². The number of carbonyl (C=O) groups excluding carboxylic acids is 3. The zero-order valence-electron chi connectivity index (χ0n) is 20.2. The number of alkyl carbamates (subject to hydrolysis) is 1. The van der Waals surface area contributed by atoms with E-state index in [1.165, 1.54) is 4.90 Å². The fraction of sp³-hybridized carbons (Fsp3) is 0.625. The fourth-order valence-corrected chi connectivity index (χ4v) is 3.50. The van der Waals surface area contributed by atoms with E-state index in [1.54, 1.807) is 20.8 Å².